The molecule has 2 heterocycles. The van der Waals surface area contributed by atoms with Gasteiger partial charge in [-0.15, -0.1) is 0 Å². The number of aliphatic hydroxyl groups is 1. The van der Waals surface area contributed by atoms with Gasteiger partial charge < -0.3 is 10.4 Å². The quantitative estimate of drug-likeness (QED) is 0.785. The van der Waals surface area contributed by atoms with E-state index in [0.29, 0.717) is 16.9 Å². The highest BCUT2D eigenvalue weighted by Crippen LogP contribution is 2.07. The standard InChI is InChI=1S/C14H11N3O2/c18-8-2-3-11-5-7-16-13(9-11)17-14(19)12-4-1-6-15-10-12/h1,4-7,9-10,18H,8H2,(H,16,17,19). The molecule has 0 aliphatic rings. The second kappa shape index (κ2) is 6.28. The first-order valence-corrected chi connectivity index (χ1v) is 5.57. The molecule has 94 valence electrons. The van der Waals surface area contributed by atoms with Crippen LogP contribution < -0.4 is 5.32 Å². The number of aliphatic hydroxyl groups excluding tert-OH is 1. The van der Waals surface area contributed by atoms with Crippen LogP contribution in [0.25, 0.3) is 0 Å². The van der Waals surface area contributed by atoms with Gasteiger partial charge in [0.15, 0.2) is 0 Å². The molecule has 0 saturated heterocycles. The highest BCUT2D eigenvalue weighted by molar-refractivity contribution is 6.03. The maximum atomic E-state index is 11.9. The van der Waals surface area contributed by atoms with Crippen LogP contribution in [0.15, 0.2) is 42.9 Å². The third-order valence-corrected chi connectivity index (χ3v) is 2.24. The molecule has 0 saturated carbocycles. The largest absolute Gasteiger partial charge is 0.384 e. The molecular formula is C14H11N3O2. The average molecular weight is 253 g/mol. The lowest BCUT2D eigenvalue weighted by Crippen LogP contribution is -2.13. The van der Waals surface area contributed by atoms with Gasteiger partial charge in [0, 0.05) is 24.2 Å². The van der Waals surface area contributed by atoms with Crippen molar-refractivity contribution in [1.29, 1.82) is 0 Å². The fraction of sp³-hybridized carbons (Fsp3) is 0.0714. The molecule has 19 heavy (non-hydrogen) atoms. The second-order valence-corrected chi connectivity index (χ2v) is 3.59. The van der Waals surface area contributed by atoms with Gasteiger partial charge in [-0.3, -0.25) is 9.78 Å². The lowest BCUT2D eigenvalue weighted by atomic mass is 10.2. The molecule has 0 fully saturated rings. The van der Waals surface area contributed by atoms with Crippen molar-refractivity contribution in [1.82, 2.24) is 9.97 Å². The van der Waals surface area contributed by atoms with E-state index in [1.165, 1.54) is 6.20 Å². The van der Waals surface area contributed by atoms with Gasteiger partial charge in [-0.1, -0.05) is 11.8 Å². The number of nitrogens with zero attached hydrogens (tertiary/aromatic N) is 2. The minimum Gasteiger partial charge on any atom is -0.384 e. The van der Waals surface area contributed by atoms with E-state index in [4.69, 9.17) is 5.11 Å². The van der Waals surface area contributed by atoms with Gasteiger partial charge in [0.1, 0.15) is 12.4 Å². The molecule has 5 nitrogen and oxygen atoms in total. The second-order valence-electron chi connectivity index (χ2n) is 3.59. The zero-order chi connectivity index (χ0) is 13.5. The first-order valence-electron chi connectivity index (χ1n) is 5.57. The van der Waals surface area contributed by atoms with Crippen LogP contribution in [-0.2, 0) is 0 Å². The van der Waals surface area contributed by atoms with Gasteiger partial charge in [0.25, 0.3) is 5.91 Å². The van der Waals surface area contributed by atoms with Crippen LogP contribution in [0.2, 0.25) is 0 Å². The highest BCUT2D eigenvalue weighted by Gasteiger charge is 2.06. The summed E-state index contributed by atoms with van der Waals surface area (Å²) in [6.07, 6.45) is 4.62. The summed E-state index contributed by atoms with van der Waals surface area (Å²) in [4.78, 5) is 19.8. The topological polar surface area (TPSA) is 75.1 Å². The molecule has 2 N–H and O–H groups in total. The molecule has 0 bridgehead atoms. The maximum Gasteiger partial charge on any atom is 0.258 e. The Labute approximate surface area is 110 Å². The number of carbonyl (C=O) groups is 1. The zero-order valence-corrected chi connectivity index (χ0v) is 10.00. The molecule has 2 aromatic heterocycles. The third kappa shape index (κ3) is 3.63. The van der Waals surface area contributed by atoms with Crippen molar-refractivity contribution in [3.05, 3.63) is 54.0 Å². The lowest BCUT2D eigenvalue weighted by molar-refractivity contribution is 0.102. The Morgan fingerprint density at radius 1 is 1.37 bits per heavy atom. The molecule has 1 amide bonds. The van der Waals surface area contributed by atoms with E-state index in [9.17, 15) is 4.79 Å². The van der Waals surface area contributed by atoms with Crippen LogP contribution in [0.3, 0.4) is 0 Å². The number of hydrogen-bond donors (Lipinski definition) is 2. The molecule has 2 rings (SSSR count). The van der Waals surface area contributed by atoms with Crippen molar-refractivity contribution in [2.24, 2.45) is 0 Å². The van der Waals surface area contributed by atoms with Crippen molar-refractivity contribution in [2.75, 3.05) is 11.9 Å². The predicted octanol–water partition coefficient (Wildman–Crippen LogP) is 1.07. The van der Waals surface area contributed by atoms with Gasteiger partial charge in [-0.25, -0.2) is 4.98 Å². The first-order chi connectivity index (χ1) is 9.29. The Kier molecular flexibility index (Phi) is 4.21. The molecule has 0 aliphatic carbocycles. The molecular weight excluding hydrogens is 242 g/mol. The van der Waals surface area contributed by atoms with E-state index >= 15 is 0 Å². The van der Waals surface area contributed by atoms with E-state index in [1.54, 1.807) is 36.7 Å². The number of hydrogen-bond acceptors (Lipinski definition) is 4. The summed E-state index contributed by atoms with van der Waals surface area (Å²) in [6.45, 7) is -0.209. The summed E-state index contributed by atoms with van der Waals surface area (Å²) >= 11 is 0. The Morgan fingerprint density at radius 2 is 2.26 bits per heavy atom. The van der Waals surface area contributed by atoms with E-state index < -0.39 is 0 Å². The van der Waals surface area contributed by atoms with E-state index in [2.05, 4.69) is 27.1 Å². The molecule has 0 atom stereocenters. The fourth-order valence-electron chi connectivity index (χ4n) is 1.40. The number of anilines is 1. The van der Waals surface area contributed by atoms with Crippen LogP contribution in [0.5, 0.6) is 0 Å². The molecule has 2 aromatic rings. The van der Waals surface area contributed by atoms with Crippen molar-refractivity contribution in [3.63, 3.8) is 0 Å². The summed E-state index contributed by atoms with van der Waals surface area (Å²) in [5.41, 5.74) is 1.13. The summed E-state index contributed by atoms with van der Waals surface area (Å²) in [7, 11) is 0. The minimum absolute atomic E-state index is 0.209. The lowest BCUT2D eigenvalue weighted by Gasteiger charge is -2.04. The van der Waals surface area contributed by atoms with Crippen molar-refractivity contribution >= 4 is 11.7 Å². The Hall–Kier alpha value is -2.71. The smallest absolute Gasteiger partial charge is 0.258 e. The summed E-state index contributed by atoms with van der Waals surface area (Å²) < 4.78 is 0. The van der Waals surface area contributed by atoms with E-state index in [1.807, 2.05) is 0 Å². The van der Waals surface area contributed by atoms with Crippen molar-refractivity contribution in [3.8, 4) is 11.8 Å². The molecule has 0 spiro atoms. The average Bonchev–Trinajstić information content (AvgIpc) is 2.46. The fourth-order valence-corrected chi connectivity index (χ4v) is 1.40. The van der Waals surface area contributed by atoms with Crippen molar-refractivity contribution in [2.45, 2.75) is 0 Å². The van der Waals surface area contributed by atoms with Gasteiger partial charge in [0.05, 0.1) is 5.56 Å². The normalized spacial score (nSPS) is 9.32. The van der Waals surface area contributed by atoms with Gasteiger partial charge in [-0.2, -0.15) is 0 Å². The molecule has 0 aromatic carbocycles. The number of aromatic nitrogens is 2. The number of pyridine rings is 2. The summed E-state index contributed by atoms with van der Waals surface area (Å²) in [5.74, 6) is 5.39. The Balaban J connectivity index is 2.13. The summed E-state index contributed by atoms with van der Waals surface area (Å²) in [6, 6.07) is 6.68. The Morgan fingerprint density at radius 3 is 3.00 bits per heavy atom. The van der Waals surface area contributed by atoms with Gasteiger partial charge >= 0.3 is 0 Å². The van der Waals surface area contributed by atoms with E-state index in [-0.39, 0.29) is 12.5 Å². The minimum atomic E-state index is -0.284. The summed E-state index contributed by atoms with van der Waals surface area (Å²) in [5, 5.41) is 11.3. The van der Waals surface area contributed by atoms with Crippen LogP contribution >= 0.6 is 0 Å². The zero-order valence-electron chi connectivity index (χ0n) is 10.00. The van der Waals surface area contributed by atoms with Gasteiger partial charge in [0.2, 0.25) is 0 Å². The number of amides is 1. The molecule has 0 aliphatic heterocycles. The van der Waals surface area contributed by atoms with E-state index in [0.717, 1.165) is 0 Å². The number of rotatable bonds is 2. The molecule has 0 unspecified atom stereocenters. The first kappa shape index (κ1) is 12.7. The van der Waals surface area contributed by atoms with Crippen LogP contribution in [0.4, 0.5) is 5.82 Å². The SMILES string of the molecule is O=C(Nc1cc(C#CCO)ccn1)c1cccnc1. The van der Waals surface area contributed by atoms with Crippen LogP contribution in [0.1, 0.15) is 15.9 Å². The molecule has 0 radical (unpaired) electrons. The third-order valence-electron chi connectivity index (χ3n) is 2.24. The number of nitrogens with one attached hydrogen (secondary N) is 1. The van der Waals surface area contributed by atoms with Crippen molar-refractivity contribution < 1.29 is 9.90 Å². The molecule has 5 heteroatoms. The highest BCUT2D eigenvalue weighted by atomic mass is 16.2. The number of carbonyl (C=O) groups excluding carboxylic acids is 1. The Bertz CT molecular complexity index is 630. The van der Waals surface area contributed by atoms with Gasteiger partial charge in [-0.05, 0) is 24.3 Å². The monoisotopic (exact) mass is 253 g/mol. The predicted molar refractivity (Wildman–Crippen MR) is 70.4 cm³/mol. The maximum absolute atomic E-state index is 11.9. The van der Waals surface area contributed by atoms with Crippen LogP contribution in [-0.4, -0.2) is 27.6 Å². The van der Waals surface area contributed by atoms with Crippen LogP contribution in [0, 0.1) is 11.8 Å².